The first kappa shape index (κ1) is 15.4. The van der Waals surface area contributed by atoms with Crippen LogP contribution in [0.3, 0.4) is 0 Å². The number of fused-ring (bicyclic) bond motifs is 1. The Bertz CT molecular complexity index is 756. The predicted octanol–water partition coefficient (Wildman–Crippen LogP) is 2.88. The summed E-state index contributed by atoms with van der Waals surface area (Å²) in [5.41, 5.74) is 1.92. The third-order valence-electron chi connectivity index (χ3n) is 3.65. The summed E-state index contributed by atoms with van der Waals surface area (Å²) in [6, 6.07) is 14.0. The first-order chi connectivity index (χ1) is 11.3. The van der Waals surface area contributed by atoms with Crippen LogP contribution in [0.4, 0.5) is 5.82 Å². The summed E-state index contributed by atoms with van der Waals surface area (Å²) < 4.78 is 7.62. The van der Waals surface area contributed by atoms with Crippen molar-refractivity contribution in [3.8, 4) is 0 Å². The molecular formula is C17H21N5O. The topological polar surface area (TPSA) is 64.3 Å². The number of anilines is 1. The third-order valence-corrected chi connectivity index (χ3v) is 3.65. The SMILES string of the molecule is CCOC(CNc1ccc2nnc(CC)n2n1)c1ccccc1. The zero-order valence-electron chi connectivity index (χ0n) is 13.4. The second kappa shape index (κ2) is 7.19. The number of benzene rings is 1. The molecule has 0 saturated heterocycles. The molecule has 6 heteroatoms. The van der Waals surface area contributed by atoms with Crippen LogP contribution in [-0.2, 0) is 11.2 Å². The Morgan fingerprint density at radius 1 is 1.09 bits per heavy atom. The van der Waals surface area contributed by atoms with Gasteiger partial charge in [-0.3, -0.25) is 0 Å². The van der Waals surface area contributed by atoms with Crippen LogP contribution in [0.1, 0.15) is 31.3 Å². The molecule has 0 aliphatic heterocycles. The largest absolute Gasteiger partial charge is 0.372 e. The maximum Gasteiger partial charge on any atom is 0.178 e. The summed E-state index contributed by atoms with van der Waals surface area (Å²) in [6.07, 6.45) is 0.786. The first-order valence-electron chi connectivity index (χ1n) is 7.93. The molecule has 1 atom stereocenters. The minimum absolute atomic E-state index is 0.00902. The van der Waals surface area contributed by atoms with E-state index < -0.39 is 0 Å². The van der Waals surface area contributed by atoms with Gasteiger partial charge in [0.1, 0.15) is 5.82 Å². The van der Waals surface area contributed by atoms with E-state index in [9.17, 15) is 0 Å². The van der Waals surface area contributed by atoms with Gasteiger partial charge >= 0.3 is 0 Å². The molecule has 0 amide bonds. The van der Waals surface area contributed by atoms with E-state index in [-0.39, 0.29) is 6.10 Å². The van der Waals surface area contributed by atoms with Crippen molar-refractivity contribution in [2.24, 2.45) is 0 Å². The maximum absolute atomic E-state index is 5.85. The standard InChI is InChI=1S/C17H21N5O/c1-3-16-19-20-17-11-10-15(21-22(16)17)18-12-14(23-4-2)13-8-6-5-7-9-13/h5-11,14H,3-4,12H2,1-2H3,(H,18,21). The maximum atomic E-state index is 5.85. The molecule has 6 nitrogen and oxygen atoms in total. The Morgan fingerprint density at radius 2 is 1.91 bits per heavy atom. The highest BCUT2D eigenvalue weighted by molar-refractivity contribution is 5.44. The highest BCUT2D eigenvalue weighted by Gasteiger charge is 2.12. The van der Waals surface area contributed by atoms with Gasteiger partial charge in [-0.15, -0.1) is 15.3 Å². The highest BCUT2D eigenvalue weighted by atomic mass is 16.5. The number of aryl methyl sites for hydroxylation is 1. The molecule has 23 heavy (non-hydrogen) atoms. The van der Waals surface area contributed by atoms with E-state index in [2.05, 4.69) is 32.7 Å². The fourth-order valence-corrected chi connectivity index (χ4v) is 2.49. The molecule has 0 bridgehead atoms. The lowest BCUT2D eigenvalue weighted by Crippen LogP contribution is -2.17. The summed E-state index contributed by atoms with van der Waals surface area (Å²) in [7, 11) is 0. The fourth-order valence-electron chi connectivity index (χ4n) is 2.49. The number of nitrogens with one attached hydrogen (secondary N) is 1. The van der Waals surface area contributed by atoms with Gasteiger partial charge in [0.25, 0.3) is 0 Å². The molecule has 2 heterocycles. The second-order valence-corrected chi connectivity index (χ2v) is 5.19. The van der Waals surface area contributed by atoms with E-state index >= 15 is 0 Å². The summed E-state index contributed by atoms with van der Waals surface area (Å²) >= 11 is 0. The van der Waals surface area contributed by atoms with Crippen LogP contribution >= 0.6 is 0 Å². The van der Waals surface area contributed by atoms with Gasteiger partial charge in [0.2, 0.25) is 0 Å². The Kier molecular flexibility index (Phi) is 4.83. The molecule has 0 aliphatic carbocycles. The quantitative estimate of drug-likeness (QED) is 0.727. The molecule has 0 saturated carbocycles. The van der Waals surface area contributed by atoms with E-state index in [1.165, 1.54) is 0 Å². The molecule has 3 aromatic rings. The molecular weight excluding hydrogens is 290 g/mol. The van der Waals surface area contributed by atoms with Crippen LogP contribution in [0.5, 0.6) is 0 Å². The van der Waals surface area contributed by atoms with Gasteiger partial charge in [-0.2, -0.15) is 4.52 Å². The lowest BCUT2D eigenvalue weighted by atomic mass is 10.1. The van der Waals surface area contributed by atoms with Crippen LogP contribution in [0.15, 0.2) is 42.5 Å². The van der Waals surface area contributed by atoms with Crippen LogP contribution in [0.25, 0.3) is 5.65 Å². The molecule has 0 spiro atoms. The Labute approximate surface area is 135 Å². The minimum Gasteiger partial charge on any atom is -0.372 e. The van der Waals surface area contributed by atoms with Crippen LogP contribution < -0.4 is 5.32 Å². The van der Waals surface area contributed by atoms with E-state index in [4.69, 9.17) is 4.74 Å². The fraction of sp³-hybridized carbons (Fsp3) is 0.353. The van der Waals surface area contributed by atoms with Crippen molar-refractivity contribution in [1.29, 1.82) is 0 Å². The van der Waals surface area contributed by atoms with Gasteiger partial charge < -0.3 is 10.1 Å². The number of aromatic nitrogens is 4. The van der Waals surface area contributed by atoms with Crippen LogP contribution in [0.2, 0.25) is 0 Å². The average molecular weight is 311 g/mol. The second-order valence-electron chi connectivity index (χ2n) is 5.19. The van der Waals surface area contributed by atoms with E-state index in [0.717, 1.165) is 29.3 Å². The molecule has 0 radical (unpaired) electrons. The number of hydrogen-bond acceptors (Lipinski definition) is 5. The number of hydrogen-bond donors (Lipinski definition) is 1. The summed E-state index contributed by atoms with van der Waals surface area (Å²) in [5.74, 6) is 1.64. The van der Waals surface area contributed by atoms with Crippen molar-refractivity contribution in [2.45, 2.75) is 26.4 Å². The summed E-state index contributed by atoms with van der Waals surface area (Å²) in [5, 5.41) is 16.1. The Balaban J connectivity index is 1.75. The van der Waals surface area contributed by atoms with Crippen molar-refractivity contribution in [3.05, 3.63) is 53.9 Å². The number of rotatable bonds is 7. The molecule has 1 N–H and O–H groups in total. The van der Waals surface area contributed by atoms with Crippen molar-refractivity contribution >= 4 is 11.5 Å². The van der Waals surface area contributed by atoms with Crippen LogP contribution in [-0.4, -0.2) is 33.0 Å². The lowest BCUT2D eigenvalue weighted by molar-refractivity contribution is 0.0718. The van der Waals surface area contributed by atoms with Gasteiger partial charge in [0.15, 0.2) is 11.5 Å². The number of ether oxygens (including phenoxy) is 1. The zero-order chi connectivity index (χ0) is 16.1. The molecule has 0 aliphatic rings. The van der Waals surface area contributed by atoms with Gasteiger partial charge in [0, 0.05) is 19.6 Å². The minimum atomic E-state index is -0.00902. The molecule has 1 unspecified atom stereocenters. The number of nitrogens with zero attached hydrogens (tertiary/aromatic N) is 4. The monoisotopic (exact) mass is 311 g/mol. The molecule has 2 aromatic heterocycles. The van der Waals surface area contributed by atoms with Crippen molar-refractivity contribution in [1.82, 2.24) is 19.8 Å². The third kappa shape index (κ3) is 3.48. The average Bonchev–Trinajstić information content (AvgIpc) is 3.01. The highest BCUT2D eigenvalue weighted by Crippen LogP contribution is 2.18. The Morgan fingerprint density at radius 3 is 2.65 bits per heavy atom. The van der Waals surface area contributed by atoms with Crippen molar-refractivity contribution in [3.63, 3.8) is 0 Å². The van der Waals surface area contributed by atoms with Crippen LogP contribution in [0, 0.1) is 0 Å². The van der Waals surface area contributed by atoms with E-state index in [1.807, 2.05) is 44.2 Å². The van der Waals surface area contributed by atoms with Gasteiger partial charge in [0.05, 0.1) is 6.10 Å². The van der Waals surface area contributed by atoms with Crippen molar-refractivity contribution in [2.75, 3.05) is 18.5 Å². The molecule has 120 valence electrons. The van der Waals surface area contributed by atoms with Gasteiger partial charge in [-0.25, -0.2) is 0 Å². The Hall–Kier alpha value is -2.47. The van der Waals surface area contributed by atoms with E-state index in [1.54, 1.807) is 4.52 Å². The first-order valence-corrected chi connectivity index (χ1v) is 7.93. The molecule has 0 fully saturated rings. The smallest absolute Gasteiger partial charge is 0.178 e. The predicted molar refractivity (Wildman–Crippen MR) is 89.5 cm³/mol. The van der Waals surface area contributed by atoms with Gasteiger partial charge in [-0.05, 0) is 24.6 Å². The molecule has 1 aromatic carbocycles. The normalized spacial score (nSPS) is 12.4. The summed E-state index contributed by atoms with van der Waals surface area (Å²) in [6.45, 7) is 5.36. The van der Waals surface area contributed by atoms with Gasteiger partial charge in [-0.1, -0.05) is 37.3 Å². The lowest BCUT2D eigenvalue weighted by Gasteiger charge is -2.18. The molecule has 3 rings (SSSR count). The van der Waals surface area contributed by atoms with E-state index in [0.29, 0.717) is 13.2 Å². The van der Waals surface area contributed by atoms with Crippen molar-refractivity contribution < 1.29 is 4.74 Å². The summed E-state index contributed by atoms with van der Waals surface area (Å²) in [4.78, 5) is 0. The zero-order valence-corrected chi connectivity index (χ0v) is 13.4.